The normalized spacial score (nSPS) is 20.7. The van der Waals surface area contributed by atoms with Crippen molar-refractivity contribution in [2.45, 2.75) is 44.9 Å². The molecule has 0 spiro atoms. The molecule has 96 valence electrons. The van der Waals surface area contributed by atoms with E-state index in [1.807, 2.05) is 12.1 Å². The number of pyridine rings is 1. The van der Waals surface area contributed by atoms with Gasteiger partial charge in [-0.25, -0.2) is 0 Å². The van der Waals surface area contributed by atoms with Crippen LogP contribution in [0.15, 0.2) is 18.3 Å². The van der Waals surface area contributed by atoms with Gasteiger partial charge in [0.25, 0.3) is 0 Å². The molecular formula is C14H18N2O2. The van der Waals surface area contributed by atoms with E-state index in [2.05, 4.69) is 31.1 Å². The summed E-state index contributed by atoms with van der Waals surface area (Å²) in [4.78, 5) is 27.2. The minimum atomic E-state index is -0.246. The van der Waals surface area contributed by atoms with Crippen LogP contribution < -0.4 is 5.32 Å². The summed E-state index contributed by atoms with van der Waals surface area (Å²) < 4.78 is 0. The summed E-state index contributed by atoms with van der Waals surface area (Å²) in [6.45, 7) is 6.29. The zero-order valence-electron chi connectivity index (χ0n) is 11.0. The summed E-state index contributed by atoms with van der Waals surface area (Å²) in [6.07, 6.45) is 2.72. The van der Waals surface area contributed by atoms with Crippen molar-refractivity contribution >= 4 is 11.8 Å². The predicted octanol–water partition coefficient (Wildman–Crippen LogP) is 1.90. The summed E-state index contributed by atoms with van der Waals surface area (Å²) >= 11 is 0. The maximum atomic E-state index is 11.7. The van der Waals surface area contributed by atoms with Gasteiger partial charge in [0.2, 0.25) is 11.8 Å². The Labute approximate surface area is 107 Å². The molecule has 1 fully saturated rings. The second kappa shape index (κ2) is 4.52. The van der Waals surface area contributed by atoms with E-state index < -0.39 is 0 Å². The van der Waals surface area contributed by atoms with Gasteiger partial charge in [-0.1, -0.05) is 26.8 Å². The van der Waals surface area contributed by atoms with E-state index in [0.717, 1.165) is 11.3 Å². The lowest BCUT2D eigenvalue weighted by molar-refractivity contribution is -0.134. The first-order valence-corrected chi connectivity index (χ1v) is 6.18. The zero-order chi connectivity index (χ0) is 13.3. The highest BCUT2D eigenvalue weighted by Crippen LogP contribution is 2.26. The molecule has 4 heteroatoms. The number of hydrogen-bond acceptors (Lipinski definition) is 3. The second-order valence-electron chi connectivity index (χ2n) is 5.73. The third kappa shape index (κ3) is 2.58. The Balaban J connectivity index is 2.20. The fourth-order valence-corrected chi connectivity index (χ4v) is 2.07. The van der Waals surface area contributed by atoms with Gasteiger partial charge >= 0.3 is 0 Å². The first kappa shape index (κ1) is 12.7. The maximum absolute atomic E-state index is 11.7. The molecule has 1 aromatic heterocycles. The van der Waals surface area contributed by atoms with Crippen LogP contribution in [0.2, 0.25) is 0 Å². The molecule has 1 aliphatic rings. The molecule has 0 radical (unpaired) electrons. The quantitative estimate of drug-likeness (QED) is 0.770. The number of hydrogen-bond donors (Lipinski definition) is 1. The molecule has 1 saturated heterocycles. The standard InChI is InChI=1S/C14H18N2O2/c1-14(2,3)11-6-4-9(8-15-11)10-5-7-12(17)16-13(10)18/h4,6,8,10H,5,7H2,1-3H3,(H,16,17,18). The van der Waals surface area contributed by atoms with Crippen molar-refractivity contribution in [2.24, 2.45) is 0 Å². The van der Waals surface area contributed by atoms with Crippen molar-refractivity contribution in [1.82, 2.24) is 10.3 Å². The fraction of sp³-hybridized carbons (Fsp3) is 0.500. The lowest BCUT2D eigenvalue weighted by atomic mass is 9.88. The Morgan fingerprint density at radius 1 is 1.28 bits per heavy atom. The average molecular weight is 246 g/mol. The largest absolute Gasteiger partial charge is 0.296 e. The second-order valence-corrected chi connectivity index (χ2v) is 5.73. The van der Waals surface area contributed by atoms with Gasteiger partial charge in [0, 0.05) is 23.7 Å². The minimum Gasteiger partial charge on any atom is -0.296 e. The molecule has 1 aromatic rings. The van der Waals surface area contributed by atoms with Crippen LogP contribution in [0.3, 0.4) is 0 Å². The molecule has 1 atom stereocenters. The number of carbonyl (C=O) groups is 2. The van der Waals surface area contributed by atoms with Gasteiger partial charge in [-0.05, 0) is 18.1 Å². The van der Waals surface area contributed by atoms with Crippen molar-refractivity contribution in [1.29, 1.82) is 0 Å². The van der Waals surface area contributed by atoms with E-state index in [1.165, 1.54) is 0 Å². The first-order chi connectivity index (χ1) is 8.38. The molecule has 0 aromatic carbocycles. The Kier molecular flexibility index (Phi) is 3.20. The van der Waals surface area contributed by atoms with Crippen molar-refractivity contribution in [2.75, 3.05) is 0 Å². The summed E-state index contributed by atoms with van der Waals surface area (Å²) in [6, 6.07) is 3.90. The van der Waals surface area contributed by atoms with Gasteiger partial charge < -0.3 is 0 Å². The van der Waals surface area contributed by atoms with Gasteiger partial charge in [-0.15, -0.1) is 0 Å². The van der Waals surface area contributed by atoms with E-state index >= 15 is 0 Å². The van der Waals surface area contributed by atoms with Gasteiger partial charge in [0.05, 0.1) is 5.92 Å². The SMILES string of the molecule is CC(C)(C)c1ccc(C2CCC(=O)NC2=O)cn1. The summed E-state index contributed by atoms with van der Waals surface area (Å²) in [7, 11) is 0. The van der Waals surface area contributed by atoms with Gasteiger partial charge in [-0.3, -0.25) is 19.9 Å². The fourth-order valence-electron chi connectivity index (χ4n) is 2.07. The van der Waals surface area contributed by atoms with E-state index in [4.69, 9.17) is 0 Å². The number of imide groups is 1. The topological polar surface area (TPSA) is 59.1 Å². The van der Waals surface area contributed by atoms with E-state index in [-0.39, 0.29) is 23.1 Å². The molecule has 1 aliphatic heterocycles. The van der Waals surface area contributed by atoms with Gasteiger partial charge in [0.1, 0.15) is 0 Å². The zero-order valence-corrected chi connectivity index (χ0v) is 11.0. The van der Waals surface area contributed by atoms with Crippen LogP contribution in [-0.2, 0) is 15.0 Å². The van der Waals surface area contributed by atoms with Crippen LogP contribution in [-0.4, -0.2) is 16.8 Å². The van der Waals surface area contributed by atoms with Gasteiger partial charge in [-0.2, -0.15) is 0 Å². The number of nitrogens with one attached hydrogen (secondary N) is 1. The number of carbonyl (C=O) groups excluding carboxylic acids is 2. The van der Waals surface area contributed by atoms with Crippen molar-refractivity contribution < 1.29 is 9.59 Å². The predicted molar refractivity (Wildman–Crippen MR) is 68.1 cm³/mol. The first-order valence-electron chi connectivity index (χ1n) is 6.18. The third-order valence-corrected chi connectivity index (χ3v) is 3.20. The van der Waals surface area contributed by atoms with Crippen LogP contribution in [0.1, 0.15) is 50.8 Å². The summed E-state index contributed by atoms with van der Waals surface area (Å²) in [5, 5.41) is 2.37. The molecule has 2 rings (SSSR count). The molecule has 1 N–H and O–H groups in total. The molecule has 0 aliphatic carbocycles. The lowest BCUT2D eigenvalue weighted by Gasteiger charge is -2.22. The van der Waals surface area contributed by atoms with E-state index in [1.54, 1.807) is 6.20 Å². The molecule has 4 nitrogen and oxygen atoms in total. The lowest BCUT2D eigenvalue weighted by Crippen LogP contribution is -2.39. The molecular weight excluding hydrogens is 228 g/mol. The van der Waals surface area contributed by atoms with Gasteiger partial charge in [0.15, 0.2) is 0 Å². The van der Waals surface area contributed by atoms with Crippen molar-refractivity contribution in [3.8, 4) is 0 Å². The van der Waals surface area contributed by atoms with Crippen LogP contribution in [0, 0.1) is 0 Å². The molecule has 1 unspecified atom stereocenters. The summed E-state index contributed by atoms with van der Waals surface area (Å²) in [5.41, 5.74) is 1.88. The molecule has 0 bridgehead atoms. The van der Waals surface area contributed by atoms with E-state index in [0.29, 0.717) is 12.8 Å². The Bertz CT molecular complexity index is 472. The Hall–Kier alpha value is -1.71. The third-order valence-electron chi connectivity index (χ3n) is 3.20. The van der Waals surface area contributed by atoms with Crippen LogP contribution in [0.5, 0.6) is 0 Å². The van der Waals surface area contributed by atoms with E-state index in [9.17, 15) is 9.59 Å². The smallest absolute Gasteiger partial charge is 0.234 e. The van der Waals surface area contributed by atoms with Crippen molar-refractivity contribution in [3.63, 3.8) is 0 Å². The van der Waals surface area contributed by atoms with Crippen LogP contribution >= 0.6 is 0 Å². The minimum absolute atomic E-state index is 0.00329. The number of amides is 2. The van der Waals surface area contributed by atoms with Crippen LogP contribution in [0.4, 0.5) is 0 Å². The molecule has 18 heavy (non-hydrogen) atoms. The highest BCUT2D eigenvalue weighted by molar-refractivity contribution is 6.00. The number of nitrogens with zero attached hydrogens (tertiary/aromatic N) is 1. The Morgan fingerprint density at radius 2 is 2.00 bits per heavy atom. The molecule has 0 saturated carbocycles. The summed E-state index contributed by atoms with van der Waals surface area (Å²) in [5.74, 6) is -0.642. The van der Waals surface area contributed by atoms with Crippen molar-refractivity contribution in [3.05, 3.63) is 29.6 Å². The number of rotatable bonds is 1. The number of piperidine rings is 1. The highest BCUT2D eigenvalue weighted by Gasteiger charge is 2.28. The van der Waals surface area contributed by atoms with Crippen LogP contribution in [0.25, 0.3) is 0 Å². The Morgan fingerprint density at radius 3 is 2.50 bits per heavy atom. The number of aromatic nitrogens is 1. The average Bonchev–Trinajstić information content (AvgIpc) is 2.28. The highest BCUT2D eigenvalue weighted by atomic mass is 16.2. The molecule has 2 amide bonds. The monoisotopic (exact) mass is 246 g/mol. The maximum Gasteiger partial charge on any atom is 0.234 e. The molecule has 2 heterocycles.